The minimum Gasteiger partial charge on any atom is -0.352 e. The zero-order valence-electron chi connectivity index (χ0n) is 17.1. The van der Waals surface area contributed by atoms with Crippen molar-refractivity contribution in [3.05, 3.63) is 57.3 Å². The Morgan fingerprint density at radius 3 is 2.21 bits per heavy atom. The lowest BCUT2D eigenvalue weighted by atomic mass is 10.1. The highest BCUT2D eigenvalue weighted by molar-refractivity contribution is 14.0. The number of nitrogens with one attached hydrogen (secondary N) is 2. The first kappa shape index (κ1) is 23.1. The summed E-state index contributed by atoms with van der Waals surface area (Å²) in [5.41, 5.74) is 2.66. The Kier molecular flexibility index (Phi) is 9.70. The second-order valence-electron chi connectivity index (χ2n) is 7.19. The molecule has 7 heteroatoms. The lowest BCUT2D eigenvalue weighted by molar-refractivity contribution is 0.148. The Bertz CT molecular complexity index is 736. The molecule has 0 atom stereocenters. The molecular weight excluding hydrogens is 481 g/mol. The molecule has 0 saturated carbocycles. The van der Waals surface area contributed by atoms with Gasteiger partial charge in [0, 0.05) is 56.1 Å². The van der Waals surface area contributed by atoms with Gasteiger partial charge in [0.15, 0.2) is 5.96 Å². The van der Waals surface area contributed by atoms with Gasteiger partial charge < -0.3 is 15.5 Å². The minimum absolute atomic E-state index is 0. The molecule has 2 aromatic rings. The Morgan fingerprint density at radius 1 is 0.964 bits per heavy atom. The quantitative estimate of drug-likeness (QED) is 0.354. The first-order valence-corrected chi connectivity index (χ1v) is 10.4. The van der Waals surface area contributed by atoms with Crippen LogP contribution in [0.25, 0.3) is 0 Å². The number of rotatable bonds is 6. The number of aliphatic imine (C=N–C) groups is 1. The summed E-state index contributed by atoms with van der Waals surface area (Å²) in [4.78, 5) is 11.9. The summed E-state index contributed by atoms with van der Waals surface area (Å²) in [5.74, 6) is 0.836. The highest BCUT2D eigenvalue weighted by Gasteiger charge is 2.13. The van der Waals surface area contributed by atoms with E-state index in [2.05, 4.69) is 75.8 Å². The molecule has 154 valence electrons. The predicted octanol–water partition coefficient (Wildman–Crippen LogP) is 3.29. The van der Waals surface area contributed by atoms with Crippen molar-refractivity contribution >= 4 is 41.3 Å². The third-order valence-electron chi connectivity index (χ3n) is 4.93. The summed E-state index contributed by atoms with van der Waals surface area (Å²) in [5, 5.41) is 6.77. The lowest BCUT2D eigenvalue weighted by Gasteiger charge is -2.32. The van der Waals surface area contributed by atoms with Crippen molar-refractivity contribution in [3.63, 3.8) is 0 Å². The van der Waals surface area contributed by atoms with E-state index in [9.17, 15) is 0 Å². The molecule has 1 saturated heterocycles. The molecule has 1 aliphatic heterocycles. The molecule has 0 bridgehead atoms. The highest BCUT2D eigenvalue weighted by atomic mass is 127. The molecular formula is C21H32IN5S. The van der Waals surface area contributed by atoms with Gasteiger partial charge in [-0.05, 0) is 37.2 Å². The van der Waals surface area contributed by atoms with Crippen LogP contribution in [-0.2, 0) is 19.6 Å². The fourth-order valence-electron chi connectivity index (χ4n) is 3.18. The predicted molar refractivity (Wildman–Crippen MR) is 131 cm³/mol. The number of guanidine groups is 1. The second kappa shape index (κ2) is 11.7. The molecule has 28 heavy (non-hydrogen) atoms. The number of halogens is 1. The first-order valence-electron chi connectivity index (χ1n) is 9.61. The van der Waals surface area contributed by atoms with E-state index < -0.39 is 0 Å². The van der Waals surface area contributed by atoms with E-state index in [1.54, 1.807) is 0 Å². The third-order valence-corrected chi connectivity index (χ3v) is 5.94. The van der Waals surface area contributed by atoms with E-state index in [-0.39, 0.29) is 24.0 Å². The third kappa shape index (κ3) is 7.35. The summed E-state index contributed by atoms with van der Waals surface area (Å²) in [6.07, 6.45) is 0. The smallest absolute Gasteiger partial charge is 0.191 e. The van der Waals surface area contributed by atoms with Gasteiger partial charge in [0.05, 0.1) is 6.54 Å². The van der Waals surface area contributed by atoms with E-state index in [1.807, 2.05) is 18.4 Å². The topological polar surface area (TPSA) is 42.9 Å². The number of hydrogen-bond donors (Lipinski definition) is 2. The van der Waals surface area contributed by atoms with Gasteiger partial charge in [-0.3, -0.25) is 9.89 Å². The van der Waals surface area contributed by atoms with Crippen LogP contribution in [-0.4, -0.2) is 56.0 Å². The number of likely N-dealkylation sites (N-methyl/N-ethyl adjacent to an activating group) is 1. The van der Waals surface area contributed by atoms with Crippen LogP contribution < -0.4 is 10.6 Å². The number of benzene rings is 1. The van der Waals surface area contributed by atoms with E-state index in [1.165, 1.54) is 34.0 Å². The van der Waals surface area contributed by atoms with Gasteiger partial charge in [0.1, 0.15) is 0 Å². The summed E-state index contributed by atoms with van der Waals surface area (Å²) in [6, 6.07) is 13.3. The molecule has 2 heterocycles. The van der Waals surface area contributed by atoms with Crippen molar-refractivity contribution in [2.24, 2.45) is 4.99 Å². The van der Waals surface area contributed by atoms with Gasteiger partial charge in [-0.2, -0.15) is 0 Å². The normalized spacial score (nSPS) is 15.9. The van der Waals surface area contributed by atoms with Crippen LogP contribution in [0.15, 0.2) is 41.4 Å². The molecule has 0 radical (unpaired) electrons. The fraction of sp³-hybridized carbons (Fsp3) is 0.476. The molecule has 0 unspecified atom stereocenters. The number of aryl methyl sites for hydroxylation is 1. The average molecular weight is 513 g/mol. The van der Waals surface area contributed by atoms with Crippen molar-refractivity contribution in [2.75, 3.05) is 40.3 Å². The van der Waals surface area contributed by atoms with Gasteiger partial charge in [0.25, 0.3) is 0 Å². The monoisotopic (exact) mass is 513 g/mol. The van der Waals surface area contributed by atoms with Crippen LogP contribution in [0.2, 0.25) is 0 Å². The van der Waals surface area contributed by atoms with Crippen LogP contribution in [0.1, 0.15) is 20.9 Å². The standard InChI is InChI=1S/C21H31N5S.HI/c1-17-4-9-20(27-17)15-24-21(22-2)23-14-18-5-7-19(8-6-18)16-26-12-10-25(3)11-13-26;/h4-9H,10-16H2,1-3H3,(H2,22,23,24);1H. The molecule has 0 amide bonds. The van der Waals surface area contributed by atoms with Gasteiger partial charge >= 0.3 is 0 Å². The van der Waals surface area contributed by atoms with Crippen LogP contribution in [0.4, 0.5) is 0 Å². The van der Waals surface area contributed by atoms with Crippen LogP contribution in [0.3, 0.4) is 0 Å². The number of nitrogens with zero attached hydrogens (tertiary/aromatic N) is 3. The molecule has 2 N–H and O–H groups in total. The summed E-state index contributed by atoms with van der Waals surface area (Å²) < 4.78 is 0. The van der Waals surface area contributed by atoms with Crippen LogP contribution in [0, 0.1) is 6.92 Å². The largest absolute Gasteiger partial charge is 0.352 e. The highest BCUT2D eigenvalue weighted by Crippen LogP contribution is 2.14. The molecule has 1 aromatic heterocycles. The fourth-order valence-corrected chi connectivity index (χ4v) is 4.01. The molecule has 1 aliphatic rings. The number of piperazine rings is 1. The lowest BCUT2D eigenvalue weighted by Crippen LogP contribution is -2.43. The summed E-state index contributed by atoms with van der Waals surface area (Å²) in [6.45, 7) is 9.41. The molecule has 0 spiro atoms. The number of thiophene rings is 1. The average Bonchev–Trinajstić information content (AvgIpc) is 3.10. The van der Waals surface area contributed by atoms with E-state index >= 15 is 0 Å². The molecule has 1 aromatic carbocycles. The zero-order chi connectivity index (χ0) is 19.1. The van der Waals surface area contributed by atoms with Crippen molar-refractivity contribution in [1.82, 2.24) is 20.4 Å². The SMILES string of the molecule is CN=C(NCc1ccc(CN2CCN(C)CC2)cc1)NCc1ccc(C)s1.I. The van der Waals surface area contributed by atoms with Gasteiger partial charge in [0.2, 0.25) is 0 Å². The van der Waals surface area contributed by atoms with Crippen LogP contribution >= 0.6 is 35.3 Å². The Morgan fingerprint density at radius 2 is 1.61 bits per heavy atom. The van der Waals surface area contributed by atoms with E-state index in [4.69, 9.17) is 0 Å². The maximum absolute atomic E-state index is 4.31. The molecule has 1 fully saturated rings. The Balaban J connectivity index is 0.00000280. The molecule has 5 nitrogen and oxygen atoms in total. The zero-order valence-corrected chi connectivity index (χ0v) is 20.2. The minimum atomic E-state index is 0. The van der Waals surface area contributed by atoms with E-state index in [0.29, 0.717) is 0 Å². The van der Waals surface area contributed by atoms with Gasteiger partial charge in [-0.1, -0.05) is 24.3 Å². The maximum atomic E-state index is 4.31. The second-order valence-corrected chi connectivity index (χ2v) is 8.56. The summed E-state index contributed by atoms with van der Waals surface area (Å²) in [7, 11) is 4.01. The van der Waals surface area contributed by atoms with Crippen molar-refractivity contribution < 1.29 is 0 Å². The maximum Gasteiger partial charge on any atom is 0.191 e. The first-order chi connectivity index (χ1) is 13.1. The van der Waals surface area contributed by atoms with Crippen molar-refractivity contribution in [3.8, 4) is 0 Å². The van der Waals surface area contributed by atoms with Crippen LogP contribution in [0.5, 0.6) is 0 Å². The van der Waals surface area contributed by atoms with Gasteiger partial charge in [-0.25, -0.2) is 0 Å². The molecule has 3 rings (SSSR count). The van der Waals surface area contributed by atoms with Crippen molar-refractivity contribution in [1.29, 1.82) is 0 Å². The Hall–Kier alpha value is -1.16. The van der Waals surface area contributed by atoms with E-state index in [0.717, 1.165) is 38.7 Å². The molecule has 0 aliphatic carbocycles. The van der Waals surface area contributed by atoms with Gasteiger partial charge in [-0.15, -0.1) is 35.3 Å². The van der Waals surface area contributed by atoms with Crippen molar-refractivity contribution in [2.45, 2.75) is 26.6 Å². The number of hydrogen-bond acceptors (Lipinski definition) is 4. The Labute approximate surface area is 190 Å². The summed E-state index contributed by atoms with van der Waals surface area (Å²) >= 11 is 1.82.